The van der Waals surface area contributed by atoms with E-state index in [1.807, 2.05) is 0 Å². The van der Waals surface area contributed by atoms with Gasteiger partial charge in [-0.15, -0.1) is 0 Å². The molecule has 0 heterocycles. The molecule has 0 bridgehead atoms. The first kappa shape index (κ1) is 39.8. The van der Waals surface area contributed by atoms with Gasteiger partial charge in [0.15, 0.2) is 5.75 Å². The van der Waals surface area contributed by atoms with Gasteiger partial charge in [0, 0.05) is 39.5 Å². The SMILES string of the molecule is C=C(C)C(=O)Oc1ccc(C#Cc2cc(OC(=O)C(=C)C)c(CO/C=C/c3ccc(OC(=O)C(=C)C)cc3)c(C(F)(F)F)c2OC(=O)C(=C)C)cc1. The molecule has 0 aliphatic rings. The van der Waals surface area contributed by atoms with Crippen molar-refractivity contribution < 1.29 is 56.0 Å². The van der Waals surface area contributed by atoms with Crippen LogP contribution in [0, 0.1) is 11.8 Å². The third-order valence-electron chi connectivity index (χ3n) is 6.50. The second-order valence-corrected chi connectivity index (χ2v) is 11.2. The number of carbonyl (C=O) groups excluding carboxylic acids is 4. The third kappa shape index (κ3) is 11.2. The fourth-order valence-corrected chi connectivity index (χ4v) is 3.82. The molecule has 3 aromatic rings. The molecule has 268 valence electrons. The summed E-state index contributed by atoms with van der Waals surface area (Å²) in [4.78, 5) is 48.8. The maximum absolute atomic E-state index is 15.0. The molecule has 0 saturated heterocycles. The Morgan fingerprint density at radius 2 is 1.13 bits per heavy atom. The smallest absolute Gasteiger partial charge is 0.420 e. The predicted octanol–water partition coefficient (Wildman–Crippen LogP) is 8.22. The first-order valence-electron chi connectivity index (χ1n) is 15.2. The molecule has 0 aliphatic carbocycles. The molecule has 0 aromatic heterocycles. The summed E-state index contributed by atoms with van der Waals surface area (Å²) < 4.78 is 71.1. The van der Waals surface area contributed by atoms with Gasteiger partial charge in [-0.1, -0.05) is 50.3 Å². The third-order valence-corrected chi connectivity index (χ3v) is 6.50. The molecule has 52 heavy (non-hydrogen) atoms. The molecule has 3 rings (SSSR count). The summed E-state index contributed by atoms with van der Waals surface area (Å²) in [6, 6.07) is 12.8. The summed E-state index contributed by atoms with van der Waals surface area (Å²) >= 11 is 0. The minimum atomic E-state index is -5.19. The van der Waals surface area contributed by atoms with Gasteiger partial charge in [0.05, 0.1) is 11.8 Å². The van der Waals surface area contributed by atoms with Crippen molar-refractivity contribution in [3.8, 4) is 34.8 Å². The topological polar surface area (TPSA) is 114 Å². The van der Waals surface area contributed by atoms with Crippen LogP contribution in [0.3, 0.4) is 0 Å². The van der Waals surface area contributed by atoms with E-state index in [-0.39, 0.29) is 39.4 Å². The highest BCUT2D eigenvalue weighted by Gasteiger charge is 2.41. The molecule has 0 radical (unpaired) electrons. The number of rotatable bonds is 12. The number of benzene rings is 3. The molecule has 0 aliphatic heterocycles. The number of hydrogen-bond donors (Lipinski definition) is 0. The monoisotopic (exact) mass is 714 g/mol. The predicted molar refractivity (Wildman–Crippen MR) is 186 cm³/mol. The zero-order chi connectivity index (χ0) is 38.7. The summed E-state index contributed by atoms with van der Waals surface area (Å²) in [5.74, 6) is 0.611. The van der Waals surface area contributed by atoms with Crippen molar-refractivity contribution in [3.63, 3.8) is 0 Å². The van der Waals surface area contributed by atoms with Gasteiger partial charge in [-0.25, -0.2) is 19.2 Å². The van der Waals surface area contributed by atoms with Gasteiger partial charge in [-0.3, -0.25) is 0 Å². The van der Waals surface area contributed by atoms with Crippen molar-refractivity contribution in [1.29, 1.82) is 0 Å². The Hall–Kier alpha value is -6.61. The Labute approximate surface area is 298 Å². The second-order valence-electron chi connectivity index (χ2n) is 11.2. The van der Waals surface area contributed by atoms with Gasteiger partial charge in [-0.05, 0) is 75.7 Å². The van der Waals surface area contributed by atoms with Crippen molar-refractivity contribution in [2.24, 2.45) is 0 Å². The van der Waals surface area contributed by atoms with E-state index >= 15 is 0 Å². The maximum atomic E-state index is 15.0. The summed E-state index contributed by atoms with van der Waals surface area (Å²) in [7, 11) is 0. The minimum Gasteiger partial charge on any atom is -0.496 e. The molecule has 0 N–H and O–H groups in total. The van der Waals surface area contributed by atoms with E-state index in [1.54, 1.807) is 12.1 Å². The number of alkyl halides is 3. The van der Waals surface area contributed by atoms with Crippen LogP contribution >= 0.6 is 0 Å². The summed E-state index contributed by atoms with van der Waals surface area (Å²) in [5.41, 5.74) is -1.77. The average molecular weight is 715 g/mol. The Morgan fingerprint density at radius 1 is 0.673 bits per heavy atom. The first-order chi connectivity index (χ1) is 24.4. The lowest BCUT2D eigenvalue weighted by molar-refractivity contribution is -0.143. The molecule has 0 atom stereocenters. The lowest BCUT2D eigenvalue weighted by atomic mass is 9.99. The van der Waals surface area contributed by atoms with Gasteiger partial charge in [0.25, 0.3) is 0 Å². The fourth-order valence-electron chi connectivity index (χ4n) is 3.82. The molecule has 0 saturated carbocycles. The van der Waals surface area contributed by atoms with Crippen LogP contribution in [0.2, 0.25) is 0 Å². The fraction of sp³-hybridized carbons (Fsp3) is 0.150. The quantitative estimate of drug-likeness (QED) is 0.0602. The van der Waals surface area contributed by atoms with Crippen molar-refractivity contribution in [1.82, 2.24) is 0 Å². The van der Waals surface area contributed by atoms with Crippen LogP contribution < -0.4 is 18.9 Å². The largest absolute Gasteiger partial charge is 0.496 e. The Kier molecular flexibility index (Phi) is 13.3. The maximum Gasteiger partial charge on any atom is 0.420 e. The Balaban J connectivity index is 2.11. The molecule has 0 fully saturated rings. The van der Waals surface area contributed by atoms with Gasteiger partial charge >= 0.3 is 30.1 Å². The van der Waals surface area contributed by atoms with Crippen LogP contribution in [0.15, 0.2) is 109 Å². The number of ether oxygens (including phenoxy) is 5. The number of esters is 4. The molecule has 0 amide bonds. The molecule has 9 nitrogen and oxygen atoms in total. The Morgan fingerprint density at radius 3 is 1.62 bits per heavy atom. The molecule has 12 heteroatoms. The summed E-state index contributed by atoms with van der Waals surface area (Å²) in [6.45, 7) is 18.7. The molecule has 3 aromatic carbocycles. The van der Waals surface area contributed by atoms with Crippen LogP contribution in [-0.4, -0.2) is 23.9 Å². The van der Waals surface area contributed by atoms with Crippen LogP contribution in [0.4, 0.5) is 13.2 Å². The van der Waals surface area contributed by atoms with Crippen molar-refractivity contribution >= 4 is 30.0 Å². The van der Waals surface area contributed by atoms with E-state index in [4.69, 9.17) is 23.7 Å². The number of halogens is 3. The van der Waals surface area contributed by atoms with Crippen molar-refractivity contribution in [3.05, 3.63) is 137 Å². The lowest BCUT2D eigenvalue weighted by Crippen LogP contribution is -2.20. The van der Waals surface area contributed by atoms with E-state index in [9.17, 15) is 32.3 Å². The average Bonchev–Trinajstić information content (AvgIpc) is 3.07. The van der Waals surface area contributed by atoms with Gasteiger partial charge in [-0.2, -0.15) is 13.2 Å². The standard InChI is InChI=1S/C40H33F3O9/c1-23(2)36(44)49-30-15-10-27(11-16-30)9-14-29-21-33(51-38(46)25(5)6)32(34(40(41,42)43)35(29)52-39(47)26(7)8)22-48-20-19-28-12-17-31(18-13-28)50-37(45)24(3)4/h10-13,15-21H,1,3,5,7,22H2,2,4,6,8H3/b20-19+. The van der Waals surface area contributed by atoms with E-state index in [1.165, 1.54) is 70.2 Å². The van der Waals surface area contributed by atoms with Crippen LogP contribution in [0.25, 0.3) is 6.08 Å². The number of carbonyl (C=O) groups is 4. The summed E-state index contributed by atoms with van der Waals surface area (Å²) in [6.07, 6.45) is -2.67. The zero-order valence-electron chi connectivity index (χ0n) is 28.7. The van der Waals surface area contributed by atoms with Crippen LogP contribution in [0.5, 0.6) is 23.0 Å². The molecular weight excluding hydrogens is 681 g/mol. The normalized spacial score (nSPS) is 10.7. The molecule has 0 spiro atoms. The second kappa shape index (κ2) is 17.4. The van der Waals surface area contributed by atoms with E-state index in [0.717, 1.165) is 12.3 Å². The lowest BCUT2D eigenvalue weighted by Gasteiger charge is -2.21. The van der Waals surface area contributed by atoms with E-state index in [2.05, 4.69) is 38.2 Å². The van der Waals surface area contributed by atoms with E-state index in [0.29, 0.717) is 5.56 Å². The van der Waals surface area contributed by atoms with Gasteiger partial charge in [0.2, 0.25) is 0 Å². The highest BCUT2D eigenvalue weighted by atomic mass is 19.4. The first-order valence-corrected chi connectivity index (χ1v) is 15.2. The van der Waals surface area contributed by atoms with Crippen molar-refractivity contribution in [2.45, 2.75) is 40.5 Å². The van der Waals surface area contributed by atoms with Gasteiger partial charge in [0.1, 0.15) is 29.4 Å². The highest BCUT2D eigenvalue weighted by molar-refractivity contribution is 5.91. The Bertz CT molecular complexity index is 2040. The zero-order valence-corrected chi connectivity index (χ0v) is 28.7. The van der Waals surface area contributed by atoms with E-state index < -0.39 is 64.8 Å². The van der Waals surface area contributed by atoms with Crippen LogP contribution in [-0.2, 0) is 36.7 Å². The van der Waals surface area contributed by atoms with Crippen LogP contribution in [0.1, 0.15) is 55.5 Å². The minimum absolute atomic E-state index is 0.115. The molecule has 0 unspecified atom stereocenters. The molecular formula is C40H33F3O9. The summed E-state index contributed by atoms with van der Waals surface area (Å²) in [5, 5.41) is 0. The van der Waals surface area contributed by atoms with Crippen molar-refractivity contribution in [2.75, 3.05) is 0 Å². The van der Waals surface area contributed by atoms with Gasteiger partial charge < -0.3 is 23.7 Å². The highest BCUT2D eigenvalue weighted by Crippen LogP contribution is 2.45. The number of hydrogen-bond acceptors (Lipinski definition) is 9.